The zero-order chi connectivity index (χ0) is 29.9. The molecule has 1 aliphatic heterocycles. The number of hydrogen-bond acceptors (Lipinski definition) is 9. The van der Waals surface area contributed by atoms with Gasteiger partial charge >= 0.3 is 0 Å². The van der Waals surface area contributed by atoms with Crippen molar-refractivity contribution in [2.75, 3.05) is 42.9 Å². The molecule has 0 spiro atoms. The van der Waals surface area contributed by atoms with Crippen LogP contribution in [0.1, 0.15) is 6.92 Å². The summed E-state index contributed by atoms with van der Waals surface area (Å²) >= 11 is 0. The number of aromatic nitrogens is 3. The Balaban J connectivity index is 1.43. The number of nitrogens with zero attached hydrogens (tertiary/aromatic N) is 5. The first-order valence-electron chi connectivity index (χ1n) is 13.0. The fraction of sp³-hybridized carbons (Fsp3) is 0.207. The highest BCUT2D eigenvalue weighted by Crippen LogP contribution is 2.33. The van der Waals surface area contributed by atoms with Gasteiger partial charge in [0.05, 0.1) is 12.6 Å². The van der Waals surface area contributed by atoms with Gasteiger partial charge in [-0.05, 0) is 48.9 Å². The molecule has 4 aromatic rings. The molecule has 216 valence electrons. The van der Waals surface area contributed by atoms with Crippen molar-refractivity contribution in [2.24, 2.45) is 0 Å². The van der Waals surface area contributed by atoms with Crippen LogP contribution >= 0.6 is 0 Å². The third-order valence-electron chi connectivity index (χ3n) is 6.71. The molecular weight excluding hydrogens is 563 g/mol. The normalized spacial score (nSPS) is 13.9. The number of pyridine rings is 1. The van der Waals surface area contributed by atoms with E-state index in [0.717, 1.165) is 11.5 Å². The maximum absolute atomic E-state index is 14.3. The molecule has 0 saturated carbocycles. The number of fused-ring (bicyclic) bond motifs is 1. The lowest BCUT2D eigenvalue weighted by Gasteiger charge is -2.35. The van der Waals surface area contributed by atoms with Crippen molar-refractivity contribution < 1.29 is 27.1 Å². The van der Waals surface area contributed by atoms with E-state index in [1.807, 2.05) is 18.2 Å². The van der Waals surface area contributed by atoms with Crippen LogP contribution in [0.4, 0.5) is 15.9 Å². The molecule has 3 heterocycles. The van der Waals surface area contributed by atoms with Gasteiger partial charge in [-0.3, -0.25) is 14.3 Å². The van der Waals surface area contributed by atoms with Gasteiger partial charge in [-0.25, -0.2) is 27.8 Å². The number of piperazine rings is 1. The van der Waals surface area contributed by atoms with Crippen molar-refractivity contribution in [1.82, 2.24) is 19.9 Å². The van der Waals surface area contributed by atoms with Gasteiger partial charge in [0.1, 0.15) is 28.5 Å². The van der Waals surface area contributed by atoms with Crippen LogP contribution in [0.2, 0.25) is 0 Å². The largest absolute Gasteiger partial charge is 0.480 e. The Morgan fingerprint density at radius 3 is 2.45 bits per heavy atom. The Kier molecular flexibility index (Phi) is 8.11. The zero-order valence-corrected chi connectivity index (χ0v) is 23.6. The lowest BCUT2D eigenvalue weighted by molar-refractivity contribution is -0.126. The minimum Gasteiger partial charge on any atom is -0.480 e. The van der Waals surface area contributed by atoms with Crippen LogP contribution in [0.15, 0.2) is 78.1 Å². The van der Waals surface area contributed by atoms with Crippen LogP contribution in [-0.4, -0.2) is 73.2 Å². The number of benzene rings is 2. The summed E-state index contributed by atoms with van der Waals surface area (Å²) in [5, 5.41) is 0.760. The van der Waals surface area contributed by atoms with E-state index in [4.69, 9.17) is 4.74 Å². The average molecular weight is 591 g/mol. The van der Waals surface area contributed by atoms with Crippen LogP contribution in [0.3, 0.4) is 0 Å². The topological polar surface area (TPSA) is 135 Å². The second-order valence-electron chi connectivity index (χ2n) is 9.50. The maximum atomic E-state index is 14.3. The molecule has 0 atom stereocenters. The molecule has 0 unspecified atom stereocenters. The van der Waals surface area contributed by atoms with Crippen LogP contribution in [0.5, 0.6) is 5.88 Å². The number of nitrogens with one attached hydrogen (secondary N) is 1. The number of methoxy groups -OCH3 is 1. The number of anilines is 2. The van der Waals surface area contributed by atoms with E-state index in [1.165, 1.54) is 50.7 Å². The Hall–Kier alpha value is -4.91. The van der Waals surface area contributed by atoms with Gasteiger partial charge in [0, 0.05) is 49.4 Å². The number of halogens is 1. The number of hydrogen-bond donors (Lipinski definition) is 1. The summed E-state index contributed by atoms with van der Waals surface area (Å²) in [5.74, 6) is -0.572. The number of rotatable bonds is 8. The molecule has 5 rings (SSSR count). The number of carbonyl (C=O) groups is 2. The van der Waals surface area contributed by atoms with Crippen LogP contribution in [-0.2, 0) is 19.6 Å². The van der Waals surface area contributed by atoms with Crippen molar-refractivity contribution in [3.8, 4) is 17.0 Å². The molecule has 1 N–H and O–H groups in total. The Morgan fingerprint density at radius 1 is 0.976 bits per heavy atom. The fourth-order valence-corrected chi connectivity index (χ4v) is 5.74. The summed E-state index contributed by atoms with van der Waals surface area (Å²) in [6.07, 6.45) is 5.58. The predicted octanol–water partition coefficient (Wildman–Crippen LogP) is 3.43. The molecule has 1 amide bonds. The summed E-state index contributed by atoms with van der Waals surface area (Å²) in [6, 6.07) is 12.2. The summed E-state index contributed by atoms with van der Waals surface area (Å²) in [6.45, 7) is 3.37. The van der Waals surface area contributed by atoms with Crippen molar-refractivity contribution in [1.29, 1.82) is 0 Å². The third-order valence-corrected chi connectivity index (χ3v) is 8.11. The van der Waals surface area contributed by atoms with Gasteiger partial charge in [-0.15, -0.1) is 0 Å². The van der Waals surface area contributed by atoms with Gasteiger partial charge in [-0.1, -0.05) is 18.2 Å². The molecule has 2 aromatic heterocycles. The SMILES string of the molecule is COc1ncc(-c2ccc3ncnc(N4CCN(C(=O)/C=C/C(C)=O)CC4)c3c2)cc1NS(=O)(=O)c1ccccc1F. The first kappa shape index (κ1) is 28.6. The Bertz CT molecular complexity index is 1810. The van der Waals surface area contributed by atoms with Crippen molar-refractivity contribution in [2.45, 2.75) is 11.8 Å². The van der Waals surface area contributed by atoms with E-state index >= 15 is 0 Å². The van der Waals surface area contributed by atoms with E-state index in [9.17, 15) is 22.4 Å². The minimum atomic E-state index is -4.27. The first-order valence-corrected chi connectivity index (χ1v) is 14.4. The quantitative estimate of drug-likeness (QED) is 0.306. The van der Waals surface area contributed by atoms with E-state index in [0.29, 0.717) is 48.6 Å². The second-order valence-corrected chi connectivity index (χ2v) is 11.2. The van der Waals surface area contributed by atoms with Gasteiger partial charge < -0.3 is 14.5 Å². The molecule has 2 aromatic carbocycles. The number of sulfonamides is 1. The summed E-state index contributed by atoms with van der Waals surface area (Å²) in [5.41, 5.74) is 2.03. The molecule has 0 aliphatic carbocycles. The van der Waals surface area contributed by atoms with E-state index in [2.05, 4.69) is 24.6 Å². The third kappa shape index (κ3) is 6.05. The van der Waals surface area contributed by atoms with E-state index in [1.54, 1.807) is 17.2 Å². The van der Waals surface area contributed by atoms with Crippen molar-refractivity contribution >= 4 is 44.1 Å². The first-order chi connectivity index (χ1) is 20.2. The smallest absolute Gasteiger partial charge is 0.264 e. The molecule has 1 fully saturated rings. The Labute approximate surface area is 241 Å². The number of amides is 1. The highest BCUT2D eigenvalue weighted by Gasteiger charge is 2.24. The molecule has 11 nitrogen and oxygen atoms in total. The number of allylic oxidation sites excluding steroid dienone is 1. The van der Waals surface area contributed by atoms with Gasteiger partial charge in [0.2, 0.25) is 11.8 Å². The molecule has 0 radical (unpaired) electrons. The lowest BCUT2D eigenvalue weighted by atomic mass is 10.0. The van der Waals surface area contributed by atoms with Crippen molar-refractivity contribution in [3.05, 3.63) is 79.0 Å². The molecule has 42 heavy (non-hydrogen) atoms. The molecule has 0 bridgehead atoms. The number of ketones is 1. The number of carbonyl (C=O) groups excluding carboxylic acids is 2. The predicted molar refractivity (Wildman–Crippen MR) is 155 cm³/mol. The number of ether oxygens (including phenoxy) is 1. The lowest BCUT2D eigenvalue weighted by Crippen LogP contribution is -2.48. The fourth-order valence-electron chi connectivity index (χ4n) is 4.62. The molecule has 1 saturated heterocycles. The summed E-state index contributed by atoms with van der Waals surface area (Å²) in [4.78, 5) is 40.0. The highest BCUT2D eigenvalue weighted by atomic mass is 32.2. The molecule has 13 heteroatoms. The monoisotopic (exact) mass is 590 g/mol. The minimum absolute atomic E-state index is 0.0223. The standard InChI is InChI=1S/C29H27FN6O5S/c1-19(37)7-10-27(38)35-11-13-36(14-12-35)28-22-15-20(8-9-24(22)32-18-33-28)21-16-25(29(41-2)31-17-21)34-42(39,40)26-6-4-3-5-23(26)30/h3-10,15-18,34H,11-14H2,1-2H3/b10-7+. The van der Waals surface area contributed by atoms with E-state index in [-0.39, 0.29) is 23.3 Å². The van der Waals surface area contributed by atoms with Gasteiger partial charge in [0.15, 0.2) is 5.78 Å². The average Bonchev–Trinajstić information content (AvgIpc) is 2.99. The Morgan fingerprint density at radius 2 is 1.74 bits per heavy atom. The van der Waals surface area contributed by atoms with Gasteiger partial charge in [0.25, 0.3) is 10.0 Å². The second kappa shape index (κ2) is 11.9. The van der Waals surface area contributed by atoms with Crippen LogP contribution < -0.4 is 14.4 Å². The molecule has 1 aliphatic rings. The highest BCUT2D eigenvalue weighted by molar-refractivity contribution is 7.92. The van der Waals surface area contributed by atoms with Crippen molar-refractivity contribution in [3.63, 3.8) is 0 Å². The van der Waals surface area contributed by atoms with E-state index < -0.39 is 20.7 Å². The maximum Gasteiger partial charge on any atom is 0.264 e. The van der Waals surface area contributed by atoms with Gasteiger partial charge in [-0.2, -0.15) is 0 Å². The molecular formula is C29H27FN6O5S. The summed E-state index contributed by atoms with van der Waals surface area (Å²) in [7, 11) is -2.91. The zero-order valence-electron chi connectivity index (χ0n) is 22.8. The van der Waals surface area contributed by atoms with Crippen LogP contribution in [0.25, 0.3) is 22.0 Å². The van der Waals surface area contributed by atoms with Crippen LogP contribution in [0, 0.1) is 5.82 Å². The summed E-state index contributed by atoms with van der Waals surface area (Å²) < 4.78 is 47.8.